The van der Waals surface area contributed by atoms with Gasteiger partial charge in [-0.15, -0.1) is 0 Å². The molecule has 0 unspecified atom stereocenters. The molecule has 0 heterocycles. The van der Waals surface area contributed by atoms with Crippen molar-refractivity contribution in [1.29, 1.82) is 0 Å². The number of aryl methyl sites for hydroxylation is 1. The normalized spacial score (nSPS) is 10.2. The topological polar surface area (TPSA) is 17.1 Å². The first kappa shape index (κ1) is 11.3. The minimum atomic E-state index is 0.150. The van der Waals surface area contributed by atoms with Crippen LogP contribution >= 0.6 is 11.6 Å². The number of hydrogen-bond donors (Lipinski definition) is 0. The van der Waals surface area contributed by atoms with Crippen LogP contribution in [0, 0.1) is 6.92 Å². The van der Waals surface area contributed by atoms with Crippen molar-refractivity contribution in [2.75, 3.05) is 0 Å². The Hall–Kier alpha value is -0.820. The molecular weight excluding hydrogens is 196 g/mol. The molecule has 1 nitrogen and oxygen atoms in total. The molecule has 0 spiro atoms. The molecule has 2 heteroatoms. The molecule has 0 aliphatic heterocycles. The standard InChI is InChI=1S/C12H15ClO/c1-3-4-5-12(14)10-7-6-9(2)8-11(10)13/h6-8H,3-5H2,1-2H3. The number of halogens is 1. The number of Topliss-reactive ketones (excluding diaryl/α,β-unsaturated/α-hetero) is 1. The molecule has 0 amide bonds. The van der Waals surface area contributed by atoms with E-state index in [0.29, 0.717) is 17.0 Å². The molecule has 0 bridgehead atoms. The molecule has 1 rings (SSSR count). The fourth-order valence-corrected chi connectivity index (χ4v) is 1.66. The Kier molecular flexibility index (Phi) is 4.15. The highest BCUT2D eigenvalue weighted by Crippen LogP contribution is 2.19. The molecule has 0 aliphatic carbocycles. The summed E-state index contributed by atoms with van der Waals surface area (Å²) in [6.45, 7) is 4.04. The summed E-state index contributed by atoms with van der Waals surface area (Å²) >= 11 is 5.98. The molecule has 76 valence electrons. The summed E-state index contributed by atoms with van der Waals surface area (Å²) in [6, 6.07) is 5.57. The van der Waals surface area contributed by atoms with Crippen molar-refractivity contribution in [3.8, 4) is 0 Å². The lowest BCUT2D eigenvalue weighted by atomic mass is 10.0. The smallest absolute Gasteiger partial charge is 0.164 e. The largest absolute Gasteiger partial charge is 0.294 e. The Balaban J connectivity index is 2.80. The van der Waals surface area contributed by atoms with Crippen LogP contribution in [0.4, 0.5) is 0 Å². The van der Waals surface area contributed by atoms with E-state index >= 15 is 0 Å². The van der Waals surface area contributed by atoms with Gasteiger partial charge in [0.2, 0.25) is 0 Å². The van der Waals surface area contributed by atoms with Crippen molar-refractivity contribution >= 4 is 17.4 Å². The lowest BCUT2D eigenvalue weighted by molar-refractivity contribution is 0.0980. The van der Waals surface area contributed by atoms with Crippen molar-refractivity contribution in [2.24, 2.45) is 0 Å². The maximum atomic E-state index is 11.7. The van der Waals surface area contributed by atoms with Gasteiger partial charge < -0.3 is 0 Å². The number of carbonyl (C=O) groups is 1. The highest BCUT2D eigenvalue weighted by molar-refractivity contribution is 6.34. The Morgan fingerprint density at radius 3 is 2.71 bits per heavy atom. The molecule has 14 heavy (non-hydrogen) atoms. The van der Waals surface area contributed by atoms with E-state index in [2.05, 4.69) is 6.92 Å². The third-order valence-corrected chi connectivity index (χ3v) is 2.50. The predicted octanol–water partition coefficient (Wildman–Crippen LogP) is 4.02. The van der Waals surface area contributed by atoms with Crippen LogP contribution in [0.25, 0.3) is 0 Å². The van der Waals surface area contributed by atoms with Gasteiger partial charge in [0.05, 0.1) is 5.02 Å². The molecule has 0 atom stereocenters. The first-order valence-corrected chi connectivity index (χ1v) is 5.32. The summed E-state index contributed by atoms with van der Waals surface area (Å²) in [7, 11) is 0. The van der Waals surface area contributed by atoms with Crippen molar-refractivity contribution in [1.82, 2.24) is 0 Å². The van der Waals surface area contributed by atoms with Gasteiger partial charge in [0.1, 0.15) is 0 Å². The van der Waals surface area contributed by atoms with Crippen LogP contribution in [0.2, 0.25) is 5.02 Å². The van der Waals surface area contributed by atoms with Crippen LogP contribution in [0.5, 0.6) is 0 Å². The van der Waals surface area contributed by atoms with E-state index in [1.807, 2.05) is 25.1 Å². The zero-order chi connectivity index (χ0) is 10.6. The van der Waals surface area contributed by atoms with Gasteiger partial charge >= 0.3 is 0 Å². The molecule has 0 saturated heterocycles. The number of ketones is 1. The van der Waals surface area contributed by atoms with Gasteiger partial charge in [-0.05, 0) is 31.0 Å². The summed E-state index contributed by atoms with van der Waals surface area (Å²) < 4.78 is 0. The SMILES string of the molecule is CCCCC(=O)c1ccc(C)cc1Cl. The summed E-state index contributed by atoms with van der Waals surface area (Å²) in [5.41, 5.74) is 1.74. The van der Waals surface area contributed by atoms with Crippen molar-refractivity contribution in [3.63, 3.8) is 0 Å². The van der Waals surface area contributed by atoms with E-state index in [1.54, 1.807) is 0 Å². The second kappa shape index (κ2) is 5.16. The monoisotopic (exact) mass is 210 g/mol. The van der Waals surface area contributed by atoms with Crippen LogP contribution in [-0.4, -0.2) is 5.78 Å². The molecule has 0 radical (unpaired) electrons. The Labute approximate surface area is 90.1 Å². The number of rotatable bonds is 4. The van der Waals surface area contributed by atoms with Gasteiger partial charge in [0.25, 0.3) is 0 Å². The second-order valence-corrected chi connectivity index (χ2v) is 3.92. The third-order valence-electron chi connectivity index (χ3n) is 2.18. The van der Waals surface area contributed by atoms with E-state index in [1.165, 1.54) is 0 Å². The average Bonchev–Trinajstić information content (AvgIpc) is 2.14. The maximum absolute atomic E-state index is 11.7. The number of unbranched alkanes of at least 4 members (excludes halogenated alkanes) is 1. The van der Waals surface area contributed by atoms with Crippen LogP contribution in [0.1, 0.15) is 42.1 Å². The van der Waals surface area contributed by atoms with Crippen LogP contribution in [0.3, 0.4) is 0 Å². The van der Waals surface area contributed by atoms with E-state index in [-0.39, 0.29) is 5.78 Å². The molecular formula is C12H15ClO. The summed E-state index contributed by atoms with van der Waals surface area (Å²) in [5, 5.41) is 0.575. The van der Waals surface area contributed by atoms with E-state index < -0.39 is 0 Å². The summed E-state index contributed by atoms with van der Waals surface area (Å²) in [6.07, 6.45) is 2.57. The van der Waals surface area contributed by atoms with Gasteiger partial charge in [-0.2, -0.15) is 0 Å². The van der Waals surface area contributed by atoms with Crippen LogP contribution < -0.4 is 0 Å². The Morgan fingerprint density at radius 2 is 2.14 bits per heavy atom. The molecule has 0 aromatic heterocycles. The minimum absolute atomic E-state index is 0.150. The van der Waals surface area contributed by atoms with Crippen LogP contribution in [0.15, 0.2) is 18.2 Å². The van der Waals surface area contributed by atoms with Crippen molar-refractivity contribution in [3.05, 3.63) is 34.3 Å². The maximum Gasteiger partial charge on any atom is 0.164 e. The van der Waals surface area contributed by atoms with Gasteiger partial charge in [0, 0.05) is 12.0 Å². The van der Waals surface area contributed by atoms with Gasteiger partial charge in [-0.25, -0.2) is 0 Å². The van der Waals surface area contributed by atoms with E-state index in [0.717, 1.165) is 18.4 Å². The fourth-order valence-electron chi connectivity index (χ4n) is 1.32. The summed E-state index contributed by atoms with van der Waals surface area (Å²) in [5.74, 6) is 0.150. The highest BCUT2D eigenvalue weighted by atomic mass is 35.5. The average molecular weight is 211 g/mol. The molecule has 0 saturated carbocycles. The molecule has 0 aliphatic rings. The van der Waals surface area contributed by atoms with E-state index in [9.17, 15) is 4.79 Å². The minimum Gasteiger partial charge on any atom is -0.294 e. The number of hydrogen-bond acceptors (Lipinski definition) is 1. The highest BCUT2D eigenvalue weighted by Gasteiger charge is 2.09. The Bertz CT molecular complexity index is 331. The zero-order valence-electron chi connectivity index (χ0n) is 8.64. The number of carbonyl (C=O) groups excluding carboxylic acids is 1. The first-order valence-electron chi connectivity index (χ1n) is 4.94. The Morgan fingerprint density at radius 1 is 1.43 bits per heavy atom. The molecule has 1 aromatic carbocycles. The van der Waals surface area contributed by atoms with Gasteiger partial charge in [-0.3, -0.25) is 4.79 Å². The van der Waals surface area contributed by atoms with Gasteiger partial charge in [0.15, 0.2) is 5.78 Å². The lowest BCUT2D eigenvalue weighted by Gasteiger charge is -2.03. The molecule has 0 N–H and O–H groups in total. The van der Waals surface area contributed by atoms with Gasteiger partial charge in [-0.1, -0.05) is 31.0 Å². The van der Waals surface area contributed by atoms with Crippen LogP contribution in [-0.2, 0) is 0 Å². The van der Waals surface area contributed by atoms with Crippen molar-refractivity contribution < 1.29 is 4.79 Å². The zero-order valence-corrected chi connectivity index (χ0v) is 9.40. The molecule has 1 aromatic rings. The third kappa shape index (κ3) is 2.85. The van der Waals surface area contributed by atoms with Crippen molar-refractivity contribution in [2.45, 2.75) is 33.1 Å². The molecule has 0 fully saturated rings. The first-order chi connectivity index (χ1) is 6.65. The second-order valence-electron chi connectivity index (χ2n) is 3.51. The fraction of sp³-hybridized carbons (Fsp3) is 0.417. The number of benzene rings is 1. The lowest BCUT2D eigenvalue weighted by Crippen LogP contribution is -1.99. The predicted molar refractivity (Wildman–Crippen MR) is 60.0 cm³/mol. The quantitative estimate of drug-likeness (QED) is 0.686. The van der Waals surface area contributed by atoms with E-state index in [4.69, 9.17) is 11.6 Å². The summed E-state index contributed by atoms with van der Waals surface area (Å²) in [4.78, 5) is 11.7.